The van der Waals surface area contributed by atoms with E-state index < -0.39 is 0 Å². The van der Waals surface area contributed by atoms with Crippen molar-refractivity contribution in [3.8, 4) is 0 Å². The van der Waals surface area contributed by atoms with Gasteiger partial charge in [0, 0.05) is 27.5 Å². The Bertz CT molecular complexity index is 444. The van der Waals surface area contributed by atoms with Gasteiger partial charge in [-0.1, -0.05) is 41.3 Å². The highest BCUT2D eigenvalue weighted by Gasteiger charge is 2.25. The molecular formula is C10H13IN2OS. The van der Waals surface area contributed by atoms with E-state index in [4.69, 9.17) is 0 Å². The molecular weight excluding hydrogens is 323 g/mol. The molecule has 1 aliphatic heterocycles. The first-order valence-electron chi connectivity index (χ1n) is 5.00. The summed E-state index contributed by atoms with van der Waals surface area (Å²) in [6.45, 7) is 4.76. The lowest BCUT2D eigenvalue weighted by molar-refractivity contribution is 0.608. The van der Waals surface area contributed by atoms with Crippen LogP contribution in [-0.2, 0) is 13.0 Å². The molecule has 15 heavy (non-hydrogen) atoms. The predicted molar refractivity (Wildman–Crippen MR) is 71.1 cm³/mol. The molecule has 1 aromatic rings. The van der Waals surface area contributed by atoms with Gasteiger partial charge in [-0.05, 0) is 13.3 Å². The predicted octanol–water partition coefficient (Wildman–Crippen LogP) is 2.02. The number of fused-ring (bicyclic) bond motifs is 1. The Balaban J connectivity index is 2.52. The van der Waals surface area contributed by atoms with Crippen molar-refractivity contribution in [2.24, 2.45) is 0 Å². The summed E-state index contributed by atoms with van der Waals surface area (Å²) < 4.78 is 2.89. The van der Waals surface area contributed by atoms with Crippen LogP contribution in [0.15, 0.2) is 9.95 Å². The molecule has 5 heteroatoms. The summed E-state index contributed by atoms with van der Waals surface area (Å²) in [6, 6.07) is 0. The number of hydrogen-bond donors (Lipinski definition) is 0. The molecule has 2 heterocycles. The molecule has 0 amide bonds. The van der Waals surface area contributed by atoms with Crippen molar-refractivity contribution in [2.45, 2.75) is 37.2 Å². The van der Waals surface area contributed by atoms with Gasteiger partial charge in [-0.3, -0.25) is 9.36 Å². The lowest BCUT2D eigenvalue weighted by Crippen LogP contribution is -2.26. The van der Waals surface area contributed by atoms with E-state index in [0.717, 1.165) is 33.8 Å². The van der Waals surface area contributed by atoms with E-state index in [2.05, 4.69) is 27.6 Å². The minimum Gasteiger partial charge on any atom is -0.286 e. The Morgan fingerprint density at radius 1 is 1.67 bits per heavy atom. The fraction of sp³-hybridized carbons (Fsp3) is 0.600. The average molecular weight is 336 g/mol. The van der Waals surface area contributed by atoms with Gasteiger partial charge < -0.3 is 0 Å². The Kier molecular flexibility index (Phi) is 3.39. The number of halogens is 1. The lowest BCUT2D eigenvalue weighted by atomic mass is 10.2. The fourth-order valence-electron chi connectivity index (χ4n) is 1.80. The molecule has 82 valence electrons. The SMILES string of the molecule is CCc1c(C)nc2n(c1=O)CC(CI)S2. The van der Waals surface area contributed by atoms with E-state index in [9.17, 15) is 4.79 Å². The van der Waals surface area contributed by atoms with Gasteiger partial charge in [0.15, 0.2) is 5.16 Å². The van der Waals surface area contributed by atoms with Crippen LogP contribution in [0.4, 0.5) is 0 Å². The monoisotopic (exact) mass is 336 g/mol. The first-order chi connectivity index (χ1) is 7.17. The number of hydrogen-bond acceptors (Lipinski definition) is 3. The highest BCUT2D eigenvalue weighted by molar-refractivity contribution is 14.1. The molecule has 0 aromatic carbocycles. The molecule has 1 atom stereocenters. The zero-order valence-electron chi connectivity index (χ0n) is 8.79. The first-order valence-corrected chi connectivity index (χ1v) is 7.40. The maximum absolute atomic E-state index is 12.1. The number of rotatable bonds is 2. The summed E-state index contributed by atoms with van der Waals surface area (Å²) >= 11 is 4.09. The number of nitrogens with zero attached hydrogens (tertiary/aromatic N) is 2. The van der Waals surface area contributed by atoms with Crippen molar-refractivity contribution in [1.82, 2.24) is 9.55 Å². The van der Waals surface area contributed by atoms with Gasteiger partial charge in [0.2, 0.25) is 0 Å². The topological polar surface area (TPSA) is 34.9 Å². The van der Waals surface area contributed by atoms with Gasteiger partial charge in [-0.2, -0.15) is 0 Å². The number of aryl methyl sites for hydroxylation is 1. The molecule has 0 bridgehead atoms. The van der Waals surface area contributed by atoms with E-state index in [-0.39, 0.29) is 5.56 Å². The van der Waals surface area contributed by atoms with Gasteiger partial charge in [0.05, 0.1) is 0 Å². The van der Waals surface area contributed by atoms with Crippen LogP contribution in [-0.4, -0.2) is 19.2 Å². The highest BCUT2D eigenvalue weighted by Crippen LogP contribution is 2.30. The molecule has 2 rings (SSSR count). The van der Waals surface area contributed by atoms with Crippen molar-refractivity contribution in [3.05, 3.63) is 21.6 Å². The molecule has 0 saturated heterocycles. The van der Waals surface area contributed by atoms with Gasteiger partial charge in [0.1, 0.15) is 0 Å². The van der Waals surface area contributed by atoms with Gasteiger partial charge in [-0.15, -0.1) is 0 Å². The zero-order chi connectivity index (χ0) is 11.0. The van der Waals surface area contributed by atoms with Crippen LogP contribution in [0, 0.1) is 6.92 Å². The summed E-state index contributed by atoms with van der Waals surface area (Å²) in [5.41, 5.74) is 1.93. The van der Waals surface area contributed by atoms with Gasteiger partial charge in [-0.25, -0.2) is 4.98 Å². The summed E-state index contributed by atoms with van der Waals surface area (Å²) in [6.07, 6.45) is 0.775. The maximum atomic E-state index is 12.1. The normalized spacial score (nSPS) is 19.3. The summed E-state index contributed by atoms with van der Waals surface area (Å²) in [5, 5.41) is 1.41. The number of aromatic nitrogens is 2. The molecule has 0 spiro atoms. The van der Waals surface area contributed by atoms with Crippen LogP contribution < -0.4 is 5.56 Å². The third-order valence-corrected chi connectivity index (χ3v) is 5.45. The van der Waals surface area contributed by atoms with Gasteiger partial charge in [0.25, 0.3) is 5.56 Å². The molecule has 0 N–H and O–H groups in total. The van der Waals surface area contributed by atoms with Crippen LogP contribution in [0.25, 0.3) is 0 Å². The fourth-order valence-corrected chi connectivity index (χ4v) is 3.68. The second kappa shape index (κ2) is 4.45. The Morgan fingerprint density at radius 2 is 2.40 bits per heavy atom. The third-order valence-electron chi connectivity index (χ3n) is 2.62. The maximum Gasteiger partial charge on any atom is 0.257 e. The summed E-state index contributed by atoms with van der Waals surface area (Å²) in [5.74, 6) is 0. The Hall–Kier alpha value is -0.0400. The zero-order valence-corrected chi connectivity index (χ0v) is 11.8. The molecule has 1 aromatic heterocycles. The molecule has 0 saturated carbocycles. The smallest absolute Gasteiger partial charge is 0.257 e. The van der Waals surface area contributed by atoms with Crippen molar-refractivity contribution < 1.29 is 0 Å². The van der Waals surface area contributed by atoms with Crippen molar-refractivity contribution >= 4 is 34.4 Å². The minimum absolute atomic E-state index is 0.167. The number of thioether (sulfide) groups is 1. The Labute approximate surface area is 107 Å². The molecule has 0 radical (unpaired) electrons. The van der Waals surface area contributed by atoms with Gasteiger partial charge >= 0.3 is 0 Å². The molecule has 1 aliphatic rings. The molecule has 0 aliphatic carbocycles. The lowest BCUT2D eigenvalue weighted by Gasteiger charge is -2.06. The average Bonchev–Trinajstić information content (AvgIpc) is 2.61. The quantitative estimate of drug-likeness (QED) is 0.471. The Morgan fingerprint density at radius 3 is 3.00 bits per heavy atom. The summed E-state index contributed by atoms with van der Waals surface area (Å²) in [7, 11) is 0. The van der Waals surface area contributed by atoms with Crippen LogP contribution >= 0.6 is 34.4 Å². The number of alkyl halides is 1. The minimum atomic E-state index is 0.167. The van der Waals surface area contributed by atoms with E-state index in [1.807, 2.05) is 18.4 Å². The molecule has 0 fully saturated rings. The third kappa shape index (κ3) is 1.95. The standard InChI is InChI=1S/C10H13IN2OS/c1-3-8-6(2)12-10-13(9(8)14)5-7(4-11)15-10/h7H,3-5H2,1-2H3. The van der Waals surface area contributed by atoms with E-state index in [1.54, 1.807) is 11.8 Å². The van der Waals surface area contributed by atoms with Crippen molar-refractivity contribution in [2.75, 3.05) is 4.43 Å². The van der Waals surface area contributed by atoms with Crippen LogP contribution in [0.3, 0.4) is 0 Å². The molecule has 3 nitrogen and oxygen atoms in total. The second-order valence-corrected chi connectivity index (χ2v) is 5.77. The largest absolute Gasteiger partial charge is 0.286 e. The van der Waals surface area contributed by atoms with Crippen molar-refractivity contribution in [1.29, 1.82) is 0 Å². The molecule has 1 unspecified atom stereocenters. The van der Waals surface area contributed by atoms with E-state index in [0.29, 0.717) is 5.25 Å². The van der Waals surface area contributed by atoms with Crippen LogP contribution in [0.5, 0.6) is 0 Å². The van der Waals surface area contributed by atoms with E-state index in [1.165, 1.54) is 0 Å². The van der Waals surface area contributed by atoms with Crippen molar-refractivity contribution in [3.63, 3.8) is 0 Å². The second-order valence-electron chi connectivity index (χ2n) is 3.62. The highest BCUT2D eigenvalue weighted by atomic mass is 127. The first kappa shape index (κ1) is 11.4. The van der Waals surface area contributed by atoms with E-state index >= 15 is 0 Å². The van der Waals surface area contributed by atoms with Crippen LogP contribution in [0.1, 0.15) is 18.2 Å². The van der Waals surface area contributed by atoms with Crippen LogP contribution in [0.2, 0.25) is 0 Å². The summed E-state index contributed by atoms with van der Waals surface area (Å²) in [4.78, 5) is 16.6.